The topological polar surface area (TPSA) is 87.9 Å². The smallest absolute Gasteiger partial charge is 0.409 e. The van der Waals surface area contributed by atoms with Crippen molar-refractivity contribution in [2.45, 2.75) is 51.6 Å². The van der Waals surface area contributed by atoms with E-state index in [0.29, 0.717) is 31.6 Å². The maximum Gasteiger partial charge on any atom is 0.409 e. The maximum atomic E-state index is 12.3. The summed E-state index contributed by atoms with van der Waals surface area (Å²) in [4.78, 5) is 33.7. The number of carboxylic acid groups (broad SMARTS) is 1. The number of amides is 1. The molecule has 1 N–H and O–H groups in total. The Labute approximate surface area is 205 Å². The van der Waals surface area contributed by atoms with E-state index >= 15 is 0 Å². The van der Waals surface area contributed by atoms with E-state index in [4.69, 9.17) is 9.72 Å². The van der Waals surface area contributed by atoms with Gasteiger partial charge < -0.3 is 24.2 Å². The number of hydrogen-bond acceptors (Lipinski definition) is 5. The van der Waals surface area contributed by atoms with Crippen LogP contribution < -0.4 is 4.90 Å². The zero-order valence-electron chi connectivity index (χ0n) is 20.4. The van der Waals surface area contributed by atoms with Crippen molar-refractivity contribution < 1.29 is 19.4 Å². The zero-order valence-corrected chi connectivity index (χ0v) is 20.4. The molecule has 184 valence electrons. The average molecular weight is 477 g/mol. The SMILES string of the molecule is COC(=O)N1CCc2c(C(=O)O)cc3c(nc(N4CCCCC4)n3C[C@H](C)c3ccccc3)c2C1. The van der Waals surface area contributed by atoms with E-state index in [9.17, 15) is 14.7 Å². The number of fused-ring (bicyclic) bond motifs is 3. The van der Waals surface area contributed by atoms with E-state index in [2.05, 4.69) is 28.5 Å². The lowest BCUT2D eigenvalue weighted by atomic mass is 9.93. The summed E-state index contributed by atoms with van der Waals surface area (Å²) in [6.07, 6.45) is 3.51. The van der Waals surface area contributed by atoms with Crippen LogP contribution in [0.5, 0.6) is 0 Å². The molecule has 1 saturated heterocycles. The van der Waals surface area contributed by atoms with Crippen molar-refractivity contribution in [3.05, 3.63) is 58.7 Å². The number of anilines is 1. The van der Waals surface area contributed by atoms with Crippen molar-refractivity contribution in [2.75, 3.05) is 31.6 Å². The highest BCUT2D eigenvalue weighted by Gasteiger charge is 2.31. The Kier molecular flexibility index (Phi) is 6.36. The number of nitrogens with zero attached hydrogens (tertiary/aromatic N) is 4. The Bertz CT molecular complexity index is 1250. The normalized spacial score (nSPS) is 16.7. The molecule has 0 unspecified atom stereocenters. The van der Waals surface area contributed by atoms with Gasteiger partial charge in [-0.1, -0.05) is 37.3 Å². The highest BCUT2D eigenvalue weighted by Crippen LogP contribution is 2.35. The number of carboxylic acids is 1. The quantitative estimate of drug-likeness (QED) is 0.577. The molecule has 3 heterocycles. The van der Waals surface area contributed by atoms with E-state index in [1.54, 1.807) is 11.0 Å². The highest BCUT2D eigenvalue weighted by atomic mass is 16.5. The molecule has 0 spiro atoms. The Morgan fingerprint density at radius 1 is 1.09 bits per heavy atom. The number of imidazole rings is 1. The van der Waals surface area contributed by atoms with Gasteiger partial charge in [-0.25, -0.2) is 14.6 Å². The summed E-state index contributed by atoms with van der Waals surface area (Å²) in [6.45, 7) is 5.47. The molecule has 8 nitrogen and oxygen atoms in total. The molecule has 0 radical (unpaired) electrons. The predicted octanol–water partition coefficient (Wildman–Crippen LogP) is 4.65. The van der Waals surface area contributed by atoms with Crippen molar-refractivity contribution in [3.63, 3.8) is 0 Å². The Hall–Kier alpha value is -3.55. The summed E-state index contributed by atoms with van der Waals surface area (Å²) in [5.41, 5.74) is 4.73. The minimum atomic E-state index is -0.946. The zero-order chi connectivity index (χ0) is 24.5. The number of benzene rings is 2. The van der Waals surface area contributed by atoms with Crippen LogP contribution in [-0.2, 0) is 24.2 Å². The van der Waals surface area contributed by atoms with Gasteiger partial charge >= 0.3 is 12.1 Å². The molecule has 2 aliphatic rings. The molecule has 1 fully saturated rings. The molecule has 3 aromatic rings. The number of aromatic carboxylic acids is 1. The van der Waals surface area contributed by atoms with Crippen molar-refractivity contribution in [1.82, 2.24) is 14.5 Å². The number of carbonyl (C=O) groups is 2. The van der Waals surface area contributed by atoms with Crippen molar-refractivity contribution >= 4 is 29.0 Å². The lowest BCUT2D eigenvalue weighted by Crippen LogP contribution is -2.36. The Morgan fingerprint density at radius 2 is 1.83 bits per heavy atom. The molecule has 2 aliphatic heterocycles. The second kappa shape index (κ2) is 9.60. The average Bonchev–Trinajstić information content (AvgIpc) is 3.26. The summed E-state index contributed by atoms with van der Waals surface area (Å²) in [5, 5.41) is 10.1. The fraction of sp³-hybridized carbons (Fsp3) is 0.444. The minimum absolute atomic E-state index is 0.216. The molecule has 1 aromatic heterocycles. The van der Waals surface area contributed by atoms with Gasteiger partial charge in [-0.05, 0) is 48.8 Å². The van der Waals surface area contributed by atoms with Crippen molar-refractivity contribution in [1.29, 1.82) is 0 Å². The Balaban J connectivity index is 1.68. The van der Waals surface area contributed by atoms with Gasteiger partial charge in [0.25, 0.3) is 0 Å². The number of methoxy groups -OCH3 is 1. The first-order valence-corrected chi connectivity index (χ1v) is 12.4. The van der Waals surface area contributed by atoms with E-state index in [-0.39, 0.29) is 5.92 Å². The number of rotatable bonds is 5. The molecule has 8 heteroatoms. The standard InChI is InChI=1S/C27H32N4O4/c1-18(19-9-5-3-6-10-19)16-31-23-15-21(25(32)33)20-11-14-30(27(34)35-2)17-22(20)24(23)28-26(31)29-12-7-4-8-13-29/h3,5-6,9-10,15,18H,4,7-8,11-14,16-17H2,1-2H3,(H,32,33)/t18-/m0/s1. The minimum Gasteiger partial charge on any atom is -0.478 e. The third kappa shape index (κ3) is 4.33. The number of aromatic nitrogens is 2. The molecule has 0 aliphatic carbocycles. The summed E-state index contributed by atoms with van der Waals surface area (Å²) in [5.74, 6) is 0.161. The molecule has 0 saturated carbocycles. The van der Waals surface area contributed by atoms with E-state index in [1.165, 1.54) is 19.1 Å². The summed E-state index contributed by atoms with van der Waals surface area (Å²) in [6, 6.07) is 12.2. The molecule has 0 bridgehead atoms. The predicted molar refractivity (Wildman–Crippen MR) is 134 cm³/mol. The van der Waals surface area contributed by atoms with Gasteiger partial charge in [-0.3, -0.25) is 0 Å². The van der Waals surface area contributed by atoms with Crippen LogP contribution in [0.4, 0.5) is 10.7 Å². The first-order valence-electron chi connectivity index (χ1n) is 12.4. The molecule has 1 atom stereocenters. The number of hydrogen-bond donors (Lipinski definition) is 1. The molecule has 2 aromatic carbocycles. The monoisotopic (exact) mass is 476 g/mol. The van der Waals surface area contributed by atoms with E-state index in [1.807, 2.05) is 18.2 Å². The van der Waals surface area contributed by atoms with Crippen LogP contribution in [-0.4, -0.2) is 58.4 Å². The van der Waals surface area contributed by atoms with Crippen LogP contribution in [0.3, 0.4) is 0 Å². The molecule has 35 heavy (non-hydrogen) atoms. The molecule has 5 rings (SSSR count). The molecular formula is C27H32N4O4. The van der Waals surface area contributed by atoms with Crippen molar-refractivity contribution in [3.8, 4) is 0 Å². The lowest BCUT2D eigenvalue weighted by molar-refractivity contribution is 0.0695. The van der Waals surface area contributed by atoms with Crippen LogP contribution in [0, 0.1) is 0 Å². The van der Waals surface area contributed by atoms with E-state index in [0.717, 1.165) is 54.0 Å². The van der Waals surface area contributed by atoms with E-state index < -0.39 is 12.1 Å². The van der Waals surface area contributed by atoms with Crippen molar-refractivity contribution in [2.24, 2.45) is 0 Å². The fourth-order valence-electron chi connectivity index (χ4n) is 5.48. The Morgan fingerprint density at radius 3 is 2.51 bits per heavy atom. The number of ether oxygens (including phenoxy) is 1. The van der Waals surface area contributed by atoms with Crippen LogP contribution in [0.15, 0.2) is 36.4 Å². The lowest BCUT2D eigenvalue weighted by Gasteiger charge is -2.29. The summed E-state index contributed by atoms with van der Waals surface area (Å²) >= 11 is 0. The first-order chi connectivity index (χ1) is 17.0. The first kappa shape index (κ1) is 23.2. The van der Waals surface area contributed by atoms with Crippen LogP contribution in [0.1, 0.15) is 59.2 Å². The van der Waals surface area contributed by atoms with Gasteiger partial charge in [0.2, 0.25) is 5.95 Å². The van der Waals surface area contributed by atoms with Crippen LogP contribution in [0.25, 0.3) is 11.0 Å². The van der Waals surface area contributed by atoms with Gasteiger partial charge in [-0.2, -0.15) is 0 Å². The third-order valence-electron chi connectivity index (χ3n) is 7.35. The molecular weight excluding hydrogens is 444 g/mol. The van der Waals surface area contributed by atoms with Gasteiger partial charge in [-0.15, -0.1) is 0 Å². The summed E-state index contributed by atoms with van der Waals surface area (Å²) in [7, 11) is 1.37. The van der Waals surface area contributed by atoms with Crippen LogP contribution >= 0.6 is 0 Å². The largest absolute Gasteiger partial charge is 0.478 e. The highest BCUT2D eigenvalue weighted by molar-refractivity contribution is 5.97. The van der Waals surface area contributed by atoms with Gasteiger partial charge in [0.15, 0.2) is 0 Å². The van der Waals surface area contributed by atoms with Gasteiger partial charge in [0, 0.05) is 31.7 Å². The third-order valence-corrected chi connectivity index (χ3v) is 7.35. The van der Waals surface area contributed by atoms with Crippen LogP contribution in [0.2, 0.25) is 0 Å². The second-order valence-corrected chi connectivity index (χ2v) is 9.58. The second-order valence-electron chi connectivity index (χ2n) is 9.58. The van der Waals surface area contributed by atoms with Gasteiger partial charge in [0.1, 0.15) is 0 Å². The number of carbonyl (C=O) groups excluding carboxylic acids is 1. The maximum absolute atomic E-state index is 12.3. The fourth-order valence-corrected chi connectivity index (χ4v) is 5.48. The summed E-state index contributed by atoms with van der Waals surface area (Å²) < 4.78 is 7.15. The molecule has 1 amide bonds. The van der Waals surface area contributed by atoms with Gasteiger partial charge in [0.05, 0.1) is 30.3 Å². The number of piperidine rings is 1.